The Balaban J connectivity index is 1.43. The fraction of sp³-hybridized carbons (Fsp3) is 0.464. The Hall–Kier alpha value is -3.15. The van der Waals surface area contributed by atoms with Crippen LogP contribution in [0, 0.1) is 5.92 Å². The second-order valence-electron chi connectivity index (χ2n) is 9.73. The molecule has 1 aliphatic rings. The van der Waals surface area contributed by atoms with Gasteiger partial charge in [-0.05, 0) is 74.6 Å². The molecule has 0 aliphatic heterocycles. The van der Waals surface area contributed by atoms with Crippen LogP contribution in [0.15, 0.2) is 65.7 Å². The number of nitrogens with one attached hydrogen (secondary N) is 1. The molecule has 2 aromatic carbocycles. The minimum Gasteiger partial charge on any atom is -0.359 e. The van der Waals surface area contributed by atoms with E-state index in [1.807, 2.05) is 44.2 Å². The first-order chi connectivity index (χ1) is 16.5. The predicted molar refractivity (Wildman–Crippen MR) is 135 cm³/mol. The molecule has 4 rings (SSSR count). The summed E-state index contributed by atoms with van der Waals surface area (Å²) in [7, 11) is 1.74. The molecule has 0 bridgehead atoms. The molecule has 1 amide bonds. The number of rotatable bonds is 6. The molecule has 1 atom stereocenters. The highest BCUT2D eigenvalue weighted by molar-refractivity contribution is 5.83. The van der Waals surface area contributed by atoms with Crippen molar-refractivity contribution in [1.29, 1.82) is 0 Å². The van der Waals surface area contributed by atoms with E-state index in [0.717, 1.165) is 49.8 Å². The van der Waals surface area contributed by atoms with E-state index in [9.17, 15) is 9.59 Å². The van der Waals surface area contributed by atoms with Gasteiger partial charge in [0.25, 0.3) is 0 Å². The second kappa shape index (κ2) is 10.9. The maximum atomic E-state index is 12.8. The van der Waals surface area contributed by atoms with E-state index in [1.54, 1.807) is 17.9 Å². The van der Waals surface area contributed by atoms with Gasteiger partial charge in [-0.3, -0.25) is 4.79 Å². The highest BCUT2D eigenvalue weighted by Crippen LogP contribution is 2.38. The third kappa shape index (κ3) is 5.16. The molecule has 6 heteroatoms. The van der Waals surface area contributed by atoms with Crippen molar-refractivity contribution in [2.24, 2.45) is 5.92 Å². The Morgan fingerprint density at radius 3 is 2.18 bits per heavy atom. The molecule has 6 nitrogen and oxygen atoms in total. The van der Waals surface area contributed by atoms with E-state index in [1.165, 1.54) is 10.2 Å². The largest absolute Gasteiger partial charge is 0.359 e. The molecule has 34 heavy (non-hydrogen) atoms. The van der Waals surface area contributed by atoms with Crippen LogP contribution in [0.4, 0.5) is 0 Å². The number of carbonyl (C=O) groups excluding carboxylic acids is 1. The molecule has 180 valence electrons. The van der Waals surface area contributed by atoms with Gasteiger partial charge < -0.3 is 5.32 Å². The fourth-order valence-electron chi connectivity index (χ4n) is 5.42. The van der Waals surface area contributed by atoms with Gasteiger partial charge >= 0.3 is 5.69 Å². The average Bonchev–Trinajstić information content (AvgIpc) is 3.22. The standard InChI is InChI=1S/C28H36N4O2/c1-20(2)32-28(34)31(19-30-32)25-17-15-22(16-18-25)21-11-7-13-24(14-8-12-21)26(27(33)29-3)23-9-5-4-6-10-23/h4-6,9-10,15-21,24,26H,7-8,11-14H2,1-3H3,(H,29,33). The molecule has 1 heterocycles. The number of amides is 1. The summed E-state index contributed by atoms with van der Waals surface area (Å²) in [5.74, 6) is 0.933. The summed E-state index contributed by atoms with van der Waals surface area (Å²) < 4.78 is 3.11. The van der Waals surface area contributed by atoms with Crippen LogP contribution in [0.25, 0.3) is 5.69 Å². The highest BCUT2D eigenvalue weighted by Gasteiger charge is 2.30. The van der Waals surface area contributed by atoms with Crippen LogP contribution >= 0.6 is 0 Å². The van der Waals surface area contributed by atoms with Crippen molar-refractivity contribution >= 4 is 5.91 Å². The van der Waals surface area contributed by atoms with Crippen molar-refractivity contribution in [3.8, 4) is 5.69 Å². The number of nitrogens with zero attached hydrogens (tertiary/aromatic N) is 3. The van der Waals surface area contributed by atoms with Gasteiger partial charge in [0.2, 0.25) is 5.91 Å². The third-order valence-corrected chi connectivity index (χ3v) is 7.24. The van der Waals surface area contributed by atoms with Gasteiger partial charge in [-0.2, -0.15) is 5.10 Å². The zero-order valence-electron chi connectivity index (χ0n) is 20.5. The van der Waals surface area contributed by atoms with Crippen LogP contribution in [0.1, 0.15) is 81.4 Å². The van der Waals surface area contributed by atoms with Gasteiger partial charge in [0, 0.05) is 7.05 Å². The molecule has 0 spiro atoms. The summed E-state index contributed by atoms with van der Waals surface area (Å²) >= 11 is 0. The number of carbonyl (C=O) groups is 1. The molecule has 0 radical (unpaired) electrons. The van der Waals surface area contributed by atoms with Crippen LogP contribution in [0.5, 0.6) is 0 Å². The third-order valence-electron chi connectivity index (χ3n) is 7.24. The first kappa shape index (κ1) is 24.0. The van der Waals surface area contributed by atoms with Gasteiger partial charge in [-0.25, -0.2) is 14.0 Å². The number of aromatic nitrogens is 3. The van der Waals surface area contributed by atoms with Gasteiger partial charge in [0.05, 0.1) is 17.6 Å². The highest BCUT2D eigenvalue weighted by atomic mass is 16.2. The van der Waals surface area contributed by atoms with E-state index in [2.05, 4.69) is 34.7 Å². The van der Waals surface area contributed by atoms with Crippen molar-refractivity contribution in [3.63, 3.8) is 0 Å². The zero-order chi connectivity index (χ0) is 24.1. The Morgan fingerprint density at radius 1 is 0.971 bits per heavy atom. The van der Waals surface area contributed by atoms with Crippen molar-refractivity contribution in [2.75, 3.05) is 7.05 Å². The lowest BCUT2D eigenvalue weighted by Gasteiger charge is -2.30. The van der Waals surface area contributed by atoms with Gasteiger partial charge in [-0.1, -0.05) is 55.3 Å². The quantitative estimate of drug-likeness (QED) is 0.550. The first-order valence-electron chi connectivity index (χ1n) is 12.5. The molecule has 1 N–H and O–H groups in total. The molecule has 1 aromatic heterocycles. The van der Waals surface area contributed by atoms with Gasteiger partial charge in [0.1, 0.15) is 6.33 Å². The van der Waals surface area contributed by atoms with Crippen LogP contribution in [0.2, 0.25) is 0 Å². The molecule has 1 saturated carbocycles. The van der Waals surface area contributed by atoms with Crippen LogP contribution < -0.4 is 11.0 Å². The van der Waals surface area contributed by atoms with Crippen LogP contribution in [-0.4, -0.2) is 27.3 Å². The van der Waals surface area contributed by atoms with Crippen molar-refractivity contribution in [3.05, 3.63) is 82.5 Å². The number of hydrogen-bond acceptors (Lipinski definition) is 3. The Bertz CT molecular complexity index is 1120. The summed E-state index contributed by atoms with van der Waals surface area (Å²) in [5.41, 5.74) is 3.19. The van der Waals surface area contributed by atoms with E-state index in [0.29, 0.717) is 11.8 Å². The summed E-state index contributed by atoms with van der Waals surface area (Å²) in [6.45, 7) is 3.91. The smallest absolute Gasteiger partial charge is 0.350 e. The summed E-state index contributed by atoms with van der Waals surface area (Å²) in [6, 6.07) is 18.6. The van der Waals surface area contributed by atoms with E-state index in [-0.39, 0.29) is 23.6 Å². The molecular weight excluding hydrogens is 424 g/mol. The Morgan fingerprint density at radius 2 is 1.62 bits per heavy atom. The Kier molecular flexibility index (Phi) is 7.66. The van der Waals surface area contributed by atoms with Gasteiger partial charge in [-0.15, -0.1) is 0 Å². The molecule has 0 saturated heterocycles. The average molecular weight is 461 g/mol. The van der Waals surface area contributed by atoms with Crippen molar-refractivity contribution < 1.29 is 4.79 Å². The predicted octanol–water partition coefficient (Wildman–Crippen LogP) is 5.20. The van der Waals surface area contributed by atoms with Crippen molar-refractivity contribution in [2.45, 2.75) is 70.3 Å². The monoisotopic (exact) mass is 460 g/mol. The minimum atomic E-state index is -0.108. The normalized spacial score (nSPS) is 19.9. The first-order valence-corrected chi connectivity index (χ1v) is 12.5. The van der Waals surface area contributed by atoms with E-state index in [4.69, 9.17) is 0 Å². The lowest BCUT2D eigenvalue weighted by atomic mass is 9.75. The van der Waals surface area contributed by atoms with Gasteiger partial charge in [0.15, 0.2) is 0 Å². The topological polar surface area (TPSA) is 68.9 Å². The van der Waals surface area contributed by atoms with Crippen LogP contribution in [-0.2, 0) is 4.79 Å². The lowest BCUT2D eigenvalue weighted by Crippen LogP contribution is -2.31. The molecular formula is C28H36N4O2. The zero-order valence-corrected chi connectivity index (χ0v) is 20.5. The molecule has 3 aromatic rings. The summed E-state index contributed by atoms with van der Waals surface area (Å²) in [4.78, 5) is 25.3. The van der Waals surface area contributed by atoms with E-state index < -0.39 is 0 Å². The maximum Gasteiger partial charge on any atom is 0.350 e. The van der Waals surface area contributed by atoms with Crippen LogP contribution in [0.3, 0.4) is 0 Å². The Labute approximate surface area is 202 Å². The molecule has 1 fully saturated rings. The number of likely N-dealkylation sites (N-methyl/N-ethyl adjacent to an activating group) is 1. The van der Waals surface area contributed by atoms with Crippen molar-refractivity contribution in [1.82, 2.24) is 19.7 Å². The SMILES string of the molecule is CNC(=O)C(c1ccccc1)C1CCCC(c2ccc(-n3cnn(C(C)C)c3=O)cc2)CCC1. The van der Waals surface area contributed by atoms with E-state index >= 15 is 0 Å². The second-order valence-corrected chi connectivity index (χ2v) is 9.73. The minimum absolute atomic E-state index is 0.0386. The number of benzene rings is 2. The summed E-state index contributed by atoms with van der Waals surface area (Å²) in [6.07, 6.45) is 8.18. The maximum absolute atomic E-state index is 12.8. The number of hydrogen-bond donors (Lipinski definition) is 1. The summed E-state index contributed by atoms with van der Waals surface area (Å²) in [5, 5.41) is 7.12. The lowest BCUT2D eigenvalue weighted by molar-refractivity contribution is -0.123. The fourth-order valence-corrected chi connectivity index (χ4v) is 5.42. The molecule has 1 aliphatic carbocycles. The molecule has 1 unspecified atom stereocenters.